The molecule has 0 amide bonds. The lowest BCUT2D eigenvalue weighted by atomic mass is 10.0. The average molecular weight is 290 g/mol. The van der Waals surface area contributed by atoms with Crippen molar-refractivity contribution in [2.24, 2.45) is 5.92 Å². The highest BCUT2D eigenvalue weighted by Crippen LogP contribution is 2.32. The molecule has 0 radical (unpaired) electrons. The Kier molecular flexibility index (Phi) is 9.74. The normalized spacial score (nSPS) is 15.7. The molecule has 0 aliphatic carbocycles. The zero-order chi connectivity index (χ0) is 14.8. The third-order valence-electron chi connectivity index (χ3n) is 3.35. The Balaban J connectivity index is 4.37. The van der Waals surface area contributed by atoms with Crippen LogP contribution in [0.5, 0.6) is 0 Å². The largest absolute Gasteiger partial charge is 0.481 e. The van der Waals surface area contributed by atoms with Crippen molar-refractivity contribution in [3.05, 3.63) is 0 Å². The molecule has 0 bridgehead atoms. The second-order valence-electron chi connectivity index (χ2n) is 4.75. The van der Waals surface area contributed by atoms with Gasteiger partial charge in [0.15, 0.2) is 0 Å². The molecule has 0 aromatic rings. The van der Waals surface area contributed by atoms with Gasteiger partial charge >= 0.3 is 11.9 Å². The third-order valence-corrected chi connectivity index (χ3v) is 5.31. The van der Waals surface area contributed by atoms with E-state index < -0.39 is 11.9 Å². The van der Waals surface area contributed by atoms with E-state index in [2.05, 4.69) is 6.92 Å². The number of aliphatic carboxylic acids is 2. The first-order valence-electron chi connectivity index (χ1n) is 7.06. The number of thioether (sulfide) groups is 1. The second kappa shape index (κ2) is 10.1. The Labute approximate surface area is 120 Å². The maximum atomic E-state index is 11.2. The van der Waals surface area contributed by atoms with E-state index >= 15 is 0 Å². The summed E-state index contributed by atoms with van der Waals surface area (Å²) in [5.74, 6) is -1.78. The molecule has 0 saturated heterocycles. The lowest BCUT2D eigenvalue weighted by Gasteiger charge is -2.25. The number of rotatable bonds is 11. The van der Waals surface area contributed by atoms with Crippen molar-refractivity contribution in [3.63, 3.8) is 0 Å². The molecule has 5 heteroatoms. The van der Waals surface area contributed by atoms with Gasteiger partial charge in [-0.3, -0.25) is 9.59 Å². The summed E-state index contributed by atoms with van der Waals surface area (Å²) in [6.45, 7) is 6.01. The Hall–Kier alpha value is -0.710. The van der Waals surface area contributed by atoms with Crippen molar-refractivity contribution in [2.75, 3.05) is 0 Å². The monoisotopic (exact) mass is 290 g/mol. The number of hydrogen-bond donors (Lipinski definition) is 2. The highest BCUT2D eigenvalue weighted by atomic mass is 32.2. The molecule has 0 aliphatic heterocycles. The van der Waals surface area contributed by atoms with Crippen LogP contribution in [0.3, 0.4) is 0 Å². The molecular weight excluding hydrogens is 264 g/mol. The molecular formula is C14H26O4S. The van der Waals surface area contributed by atoms with Gasteiger partial charge in [0.25, 0.3) is 0 Å². The van der Waals surface area contributed by atoms with Crippen LogP contribution >= 0.6 is 11.8 Å². The van der Waals surface area contributed by atoms with Gasteiger partial charge < -0.3 is 10.2 Å². The standard InChI is InChI=1S/C14H26O4S/c1-4-10(8-7-9-13(15)16)19-12(6-3)11(5-2)14(17)18/h10-12H,4-9H2,1-3H3,(H,15,16)(H,17,18). The molecule has 0 heterocycles. The maximum absolute atomic E-state index is 11.2. The molecule has 3 unspecified atom stereocenters. The van der Waals surface area contributed by atoms with Crippen LogP contribution in [0.25, 0.3) is 0 Å². The molecule has 2 N–H and O–H groups in total. The van der Waals surface area contributed by atoms with E-state index in [-0.39, 0.29) is 17.6 Å². The van der Waals surface area contributed by atoms with E-state index in [1.165, 1.54) is 0 Å². The van der Waals surface area contributed by atoms with Gasteiger partial charge in [-0.1, -0.05) is 20.8 Å². The first-order valence-corrected chi connectivity index (χ1v) is 8.00. The minimum atomic E-state index is -0.760. The smallest absolute Gasteiger partial charge is 0.307 e. The van der Waals surface area contributed by atoms with Crippen molar-refractivity contribution < 1.29 is 19.8 Å². The number of carboxylic acid groups (broad SMARTS) is 2. The molecule has 19 heavy (non-hydrogen) atoms. The molecule has 0 rings (SSSR count). The van der Waals surface area contributed by atoms with Gasteiger partial charge in [0.1, 0.15) is 0 Å². The number of carboxylic acids is 2. The average Bonchev–Trinajstić information content (AvgIpc) is 2.35. The van der Waals surface area contributed by atoms with Crippen molar-refractivity contribution >= 4 is 23.7 Å². The van der Waals surface area contributed by atoms with Gasteiger partial charge in [-0.25, -0.2) is 0 Å². The minimum absolute atomic E-state index is 0.122. The SMILES string of the molecule is CCC(CCCC(=O)O)SC(CC)C(CC)C(=O)O. The predicted octanol–water partition coefficient (Wildman–Crippen LogP) is 3.64. The summed E-state index contributed by atoms with van der Waals surface area (Å²) in [6, 6.07) is 0. The zero-order valence-electron chi connectivity index (χ0n) is 12.1. The van der Waals surface area contributed by atoms with E-state index in [1.807, 2.05) is 13.8 Å². The first kappa shape index (κ1) is 18.3. The summed E-state index contributed by atoms with van der Waals surface area (Å²) in [4.78, 5) is 21.7. The Bertz CT molecular complexity index is 281. The fourth-order valence-corrected chi connectivity index (χ4v) is 3.85. The van der Waals surface area contributed by atoms with Gasteiger partial charge in [-0.2, -0.15) is 11.8 Å². The van der Waals surface area contributed by atoms with Crippen molar-refractivity contribution in [2.45, 2.75) is 69.8 Å². The summed E-state index contributed by atoms with van der Waals surface area (Å²) in [5.41, 5.74) is 0. The fraction of sp³-hybridized carbons (Fsp3) is 0.857. The highest BCUT2D eigenvalue weighted by Gasteiger charge is 2.27. The Morgan fingerprint density at radius 2 is 1.68 bits per heavy atom. The van der Waals surface area contributed by atoms with Crippen LogP contribution in [0.2, 0.25) is 0 Å². The van der Waals surface area contributed by atoms with E-state index in [1.54, 1.807) is 11.8 Å². The van der Waals surface area contributed by atoms with Crippen molar-refractivity contribution in [1.82, 2.24) is 0 Å². The Morgan fingerprint density at radius 3 is 2.05 bits per heavy atom. The van der Waals surface area contributed by atoms with Gasteiger partial charge in [0, 0.05) is 16.9 Å². The van der Waals surface area contributed by atoms with Crippen LogP contribution in [0, 0.1) is 5.92 Å². The van der Waals surface area contributed by atoms with Gasteiger partial charge in [0.2, 0.25) is 0 Å². The summed E-state index contributed by atoms with van der Waals surface area (Å²) >= 11 is 1.73. The first-order chi connectivity index (χ1) is 8.96. The molecule has 0 aliphatic rings. The van der Waals surface area contributed by atoms with Gasteiger partial charge in [-0.05, 0) is 32.1 Å². The van der Waals surface area contributed by atoms with Crippen LogP contribution in [0.1, 0.15) is 59.3 Å². The van der Waals surface area contributed by atoms with Crippen LogP contribution in [0.15, 0.2) is 0 Å². The summed E-state index contributed by atoms with van der Waals surface area (Å²) in [5, 5.41) is 18.3. The minimum Gasteiger partial charge on any atom is -0.481 e. The van der Waals surface area contributed by atoms with Crippen molar-refractivity contribution in [3.8, 4) is 0 Å². The third kappa shape index (κ3) is 7.45. The van der Waals surface area contributed by atoms with Crippen LogP contribution in [-0.2, 0) is 9.59 Å². The molecule has 0 aromatic heterocycles. The highest BCUT2D eigenvalue weighted by molar-refractivity contribution is 8.00. The predicted molar refractivity (Wildman–Crippen MR) is 78.7 cm³/mol. The summed E-state index contributed by atoms with van der Waals surface area (Å²) < 4.78 is 0. The molecule has 0 saturated carbocycles. The molecule has 0 fully saturated rings. The topological polar surface area (TPSA) is 74.6 Å². The Morgan fingerprint density at radius 1 is 1.05 bits per heavy atom. The van der Waals surface area contributed by atoms with E-state index in [9.17, 15) is 14.7 Å². The van der Waals surface area contributed by atoms with E-state index in [0.717, 1.165) is 19.3 Å². The maximum Gasteiger partial charge on any atom is 0.307 e. The zero-order valence-corrected chi connectivity index (χ0v) is 12.9. The van der Waals surface area contributed by atoms with Crippen LogP contribution < -0.4 is 0 Å². The molecule has 0 aromatic carbocycles. The fourth-order valence-electron chi connectivity index (χ4n) is 2.17. The van der Waals surface area contributed by atoms with E-state index in [0.29, 0.717) is 18.1 Å². The van der Waals surface area contributed by atoms with Crippen LogP contribution in [-0.4, -0.2) is 32.7 Å². The molecule has 3 atom stereocenters. The van der Waals surface area contributed by atoms with Crippen molar-refractivity contribution in [1.29, 1.82) is 0 Å². The number of carbonyl (C=O) groups is 2. The molecule has 4 nitrogen and oxygen atoms in total. The quantitative estimate of drug-likeness (QED) is 0.607. The van der Waals surface area contributed by atoms with Crippen LogP contribution in [0.4, 0.5) is 0 Å². The van der Waals surface area contributed by atoms with Gasteiger partial charge in [-0.15, -0.1) is 0 Å². The van der Waals surface area contributed by atoms with E-state index in [4.69, 9.17) is 5.11 Å². The lowest BCUT2D eigenvalue weighted by Crippen LogP contribution is -2.26. The second-order valence-corrected chi connectivity index (χ2v) is 6.30. The van der Waals surface area contributed by atoms with Gasteiger partial charge in [0.05, 0.1) is 5.92 Å². The number of hydrogen-bond acceptors (Lipinski definition) is 3. The summed E-state index contributed by atoms with van der Waals surface area (Å²) in [7, 11) is 0. The summed E-state index contributed by atoms with van der Waals surface area (Å²) in [6.07, 6.45) is 4.15. The molecule has 112 valence electrons. The molecule has 0 spiro atoms. The lowest BCUT2D eigenvalue weighted by molar-refractivity contribution is -0.142.